The van der Waals surface area contributed by atoms with Gasteiger partial charge in [0.05, 0.1) is 12.5 Å². The molecule has 2 unspecified atom stereocenters. The van der Waals surface area contributed by atoms with Crippen molar-refractivity contribution >= 4 is 18.0 Å². The topological polar surface area (TPSA) is 114 Å². The summed E-state index contributed by atoms with van der Waals surface area (Å²) < 4.78 is 10.6. The fraction of sp³-hybridized carbons (Fsp3) is 0.346. The molecule has 2 aromatic carbocycles. The normalized spacial score (nSPS) is 13.8. The van der Waals surface area contributed by atoms with Gasteiger partial charge in [-0.25, -0.2) is 4.79 Å². The molecule has 1 aliphatic rings. The largest absolute Gasteiger partial charge is 0.481 e. The number of ether oxygens (including phenoxy) is 2. The Morgan fingerprint density at radius 3 is 2.26 bits per heavy atom. The van der Waals surface area contributed by atoms with Crippen LogP contribution in [0.4, 0.5) is 4.79 Å². The van der Waals surface area contributed by atoms with Crippen LogP contribution in [0.15, 0.2) is 61.2 Å². The van der Waals surface area contributed by atoms with E-state index in [2.05, 4.69) is 29.3 Å². The number of aliphatic carboxylic acids is 1. The molecule has 3 rings (SSSR count). The van der Waals surface area contributed by atoms with Gasteiger partial charge < -0.3 is 25.2 Å². The minimum Gasteiger partial charge on any atom is -0.481 e. The van der Waals surface area contributed by atoms with Gasteiger partial charge in [-0.05, 0) is 35.1 Å². The van der Waals surface area contributed by atoms with Crippen molar-refractivity contribution in [2.24, 2.45) is 0 Å². The third-order valence-electron chi connectivity index (χ3n) is 5.85. The van der Waals surface area contributed by atoms with Crippen molar-refractivity contribution in [3.63, 3.8) is 0 Å². The maximum absolute atomic E-state index is 12.7. The number of hydrogen-bond acceptors (Lipinski definition) is 5. The average molecular weight is 467 g/mol. The van der Waals surface area contributed by atoms with Crippen LogP contribution in [-0.4, -0.2) is 55.5 Å². The Kier molecular flexibility index (Phi) is 8.81. The summed E-state index contributed by atoms with van der Waals surface area (Å²) in [4.78, 5) is 36.2. The van der Waals surface area contributed by atoms with E-state index in [1.54, 1.807) is 6.08 Å². The van der Waals surface area contributed by atoms with Crippen molar-refractivity contribution in [3.8, 4) is 11.1 Å². The first kappa shape index (κ1) is 25.0. The average Bonchev–Trinajstić information content (AvgIpc) is 3.16. The summed E-state index contributed by atoms with van der Waals surface area (Å²) in [6.07, 6.45) is 0.882. The number of carbonyl (C=O) groups excluding carboxylic acids is 2. The van der Waals surface area contributed by atoms with Crippen LogP contribution in [0.3, 0.4) is 0 Å². The van der Waals surface area contributed by atoms with Gasteiger partial charge in [-0.15, -0.1) is 6.58 Å². The number of amides is 2. The van der Waals surface area contributed by atoms with Crippen molar-refractivity contribution in [2.45, 2.75) is 37.3 Å². The Labute approximate surface area is 199 Å². The Bertz CT molecular complexity index is 992. The van der Waals surface area contributed by atoms with Gasteiger partial charge in [0.1, 0.15) is 12.6 Å². The van der Waals surface area contributed by atoms with Gasteiger partial charge in [-0.2, -0.15) is 0 Å². The molecule has 0 fully saturated rings. The standard InChI is InChI=1S/C26H30N2O6/c1-3-4-13-23(25(31)27-15-17(33-2)14-24(29)30)28-26(32)34-16-22-20-11-7-5-9-18(20)19-10-6-8-12-21(19)22/h3,5-12,17,22-23H,1,4,13-16H2,2H3,(H,27,31)(H,28,32)(H,29,30). The molecule has 0 aliphatic heterocycles. The first-order chi connectivity index (χ1) is 16.4. The van der Waals surface area contributed by atoms with Crippen molar-refractivity contribution in [1.82, 2.24) is 10.6 Å². The highest BCUT2D eigenvalue weighted by Gasteiger charge is 2.29. The maximum atomic E-state index is 12.7. The molecule has 0 radical (unpaired) electrons. The van der Waals surface area contributed by atoms with Gasteiger partial charge in [0, 0.05) is 19.6 Å². The number of carbonyl (C=O) groups is 3. The molecule has 0 saturated carbocycles. The molecule has 0 saturated heterocycles. The van der Waals surface area contributed by atoms with E-state index < -0.39 is 30.1 Å². The Hall–Kier alpha value is -3.65. The Morgan fingerprint density at radius 2 is 1.71 bits per heavy atom. The first-order valence-corrected chi connectivity index (χ1v) is 11.2. The molecular weight excluding hydrogens is 436 g/mol. The number of fused-ring (bicyclic) bond motifs is 3. The predicted octanol–water partition coefficient (Wildman–Crippen LogP) is 3.47. The van der Waals surface area contributed by atoms with E-state index in [-0.39, 0.29) is 25.5 Å². The second kappa shape index (κ2) is 12.0. The zero-order valence-electron chi connectivity index (χ0n) is 19.2. The number of carboxylic acids is 1. The van der Waals surface area contributed by atoms with E-state index >= 15 is 0 Å². The fourth-order valence-electron chi connectivity index (χ4n) is 4.11. The zero-order chi connectivity index (χ0) is 24.5. The third kappa shape index (κ3) is 6.23. The number of rotatable bonds is 12. The van der Waals surface area contributed by atoms with Crippen LogP contribution in [0.25, 0.3) is 11.1 Å². The summed E-state index contributed by atoms with van der Waals surface area (Å²) in [5.41, 5.74) is 4.46. The van der Waals surface area contributed by atoms with Crippen LogP contribution in [0, 0.1) is 0 Å². The summed E-state index contributed by atoms with van der Waals surface area (Å²) in [6.45, 7) is 3.81. The molecule has 0 aromatic heterocycles. The van der Waals surface area contributed by atoms with Gasteiger partial charge >= 0.3 is 12.1 Å². The molecule has 34 heavy (non-hydrogen) atoms. The van der Waals surface area contributed by atoms with E-state index in [0.717, 1.165) is 22.3 Å². The fourth-order valence-corrected chi connectivity index (χ4v) is 4.11. The number of nitrogens with one attached hydrogen (secondary N) is 2. The van der Waals surface area contributed by atoms with Crippen LogP contribution in [0.2, 0.25) is 0 Å². The van der Waals surface area contributed by atoms with Crippen LogP contribution in [-0.2, 0) is 19.1 Å². The van der Waals surface area contributed by atoms with Crippen molar-refractivity contribution in [3.05, 3.63) is 72.3 Å². The highest BCUT2D eigenvalue weighted by molar-refractivity contribution is 5.86. The summed E-state index contributed by atoms with van der Waals surface area (Å²) >= 11 is 0. The number of carboxylic acid groups (broad SMARTS) is 1. The molecule has 1 aliphatic carbocycles. The van der Waals surface area contributed by atoms with Gasteiger partial charge in [0.15, 0.2) is 0 Å². The highest BCUT2D eigenvalue weighted by Crippen LogP contribution is 2.44. The molecule has 8 heteroatoms. The van der Waals surface area contributed by atoms with E-state index in [1.165, 1.54) is 7.11 Å². The smallest absolute Gasteiger partial charge is 0.407 e. The monoisotopic (exact) mass is 466 g/mol. The number of allylic oxidation sites excluding steroid dienone is 1. The van der Waals surface area contributed by atoms with Crippen LogP contribution in [0.5, 0.6) is 0 Å². The van der Waals surface area contributed by atoms with Gasteiger partial charge in [0.25, 0.3) is 0 Å². The summed E-state index contributed by atoms with van der Waals surface area (Å²) in [6, 6.07) is 15.2. The zero-order valence-corrected chi connectivity index (χ0v) is 19.2. The molecule has 2 aromatic rings. The highest BCUT2D eigenvalue weighted by atomic mass is 16.5. The van der Waals surface area contributed by atoms with Crippen molar-refractivity contribution in [2.75, 3.05) is 20.3 Å². The lowest BCUT2D eigenvalue weighted by atomic mass is 9.98. The van der Waals surface area contributed by atoms with Gasteiger partial charge in [-0.1, -0.05) is 54.6 Å². The van der Waals surface area contributed by atoms with E-state index in [9.17, 15) is 14.4 Å². The van der Waals surface area contributed by atoms with E-state index in [4.69, 9.17) is 14.6 Å². The minimum atomic E-state index is -1.03. The number of hydrogen-bond donors (Lipinski definition) is 3. The lowest BCUT2D eigenvalue weighted by molar-refractivity contribution is -0.140. The Morgan fingerprint density at radius 1 is 1.09 bits per heavy atom. The summed E-state index contributed by atoms with van der Waals surface area (Å²) in [5.74, 6) is -1.55. The lowest BCUT2D eigenvalue weighted by Crippen LogP contribution is -2.48. The molecule has 0 spiro atoms. The van der Waals surface area contributed by atoms with E-state index in [1.807, 2.05) is 36.4 Å². The maximum Gasteiger partial charge on any atom is 0.407 e. The molecular formula is C26H30N2O6. The first-order valence-electron chi connectivity index (χ1n) is 11.2. The summed E-state index contributed by atoms with van der Waals surface area (Å²) in [7, 11) is 1.38. The predicted molar refractivity (Wildman–Crippen MR) is 127 cm³/mol. The number of alkyl carbamates (subject to hydrolysis) is 1. The Balaban J connectivity index is 1.60. The second-order valence-electron chi connectivity index (χ2n) is 8.09. The second-order valence-corrected chi connectivity index (χ2v) is 8.09. The molecule has 3 N–H and O–H groups in total. The third-order valence-corrected chi connectivity index (χ3v) is 5.85. The molecule has 2 atom stereocenters. The van der Waals surface area contributed by atoms with E-state index in [0.29, 0.717) is 12.8 Å². The molecule has 8 nitrogen and oxygen atoms in total. The van der Waals surface area contributed by atoms with Crippen LogP contribution >= 0.6 is 0 Å². The number of methoxy groups -OCH3 is 1. The van der Waals surface area contributed by atoms with Gasteiger partial charge in [-0.3, -0.25) is 9.59 Å². The minimum absolute atomic E-state index is 0.0125. The molecule has 0 heterocycles. The van der Waals surface area contributed by atoms with Crippen molar-refractivity contribution in [1.29, 1.82) is 0 Å². The quantitative estimate of drug-likeness (QED) is 0.413. The molecule has 2 amide bonds. The van der Waals surface area contributed by atoms with Gasteiger partial charge in [0.2, 0.25) is 5.91 Å². The van der Waals surface area contributed by atoms with Crippen LogP contribution in [0.1, 0.15) is 36.3 Å². The van der Waals surface area contributed by atoms with Crippen LogP contribution < -0.4 is 10.6 Å². The number of benzene rings is 2. The summed E-state index contributed by atoms with van der Waals surface area (Å²) in [5, 5.41) is 14.2. The molecule has 180 valence electrons. The lowest BCUT2D eigenvalue weighted by Gasteiger charge is -2.21. The SMILES string of the molecule is C=CCCC(NC(=O)OCC1c2ccccc2-c2ccccc21)C(=O)NCC(CC(=O)O)OC. The molecule has 0 bridgehead atoms. The van der Waals surface area contributed by atoms with Crippen molar-refractivity contribution < 1.29 is 29.0 Å².